The topological polar surface area (TPSA) is 67.3 Å². The van der Waals surface area contributed by atoms with Crippen LogP contribution in [0, 0.1) is 11.6 Å². The number of aromatic nitrogens is 5. The third kappa shape index (κ3) is 3.85. The molecular formula is C25H19F2N5. The summed E-state index contributed by atoms with van der Waals surface area (Å²) in [4.78, 5) is 14.2. The Balaban J connectivity index is 1.67. The third-order valence-corrected chi connectivity index (χ3v) is 5.18. The first kappa shape index (κ1) is 19.9. The van der Waals surface area contributed by atoms with Crippen LogP contribution in [0.3, 0.4) is 0 Å². The Labute approximate surface area is 183 Å². The lowest BCUT2D eigenvalue weighted by molar-refractivity contribution is 0.627. The Morgan fingerprint density at radius 3 is 1.84 bits per heavy atom. The number of fused-ring (bicyclic) bond motifs is 1. The second kappa shape index (κ2) is 8.26. The first-order valence-corrected chi connectivity index (χ1v) is 10.4. The zero-order chi connectivity index (χ0) is 22.1. The number of benzene rings is 3. The van der Waals surface area contributed by atoms with Gasteiger partial charge in [0.25, 0.3) is 0 Å². The number of H-pyrrole nitrogens is 1. The molecule has 0 radical (unpaired) electrons. The van der Waals surface area contributed by atoms with E-state index in [1.807, 2.05) is 18.2 Å². The monoisotopic (exact) mass is 427 g/mol. The molecule has 5 rings (SSSR count). The predicted molar refractivity (Wildman–Crippen MR) is 120 cm³/mol. The maximum atomic E-state index is 13.5. The highest BCUT2D eigenvalue weighted by Gasteiger charge is 2.15. The van der Waals surface area contributed by atoms with Gasteiger partial charge >= 0.3 is 0 Å². The van der Waals surface area contributed by atoms with Crippen LogP contribution in [0.25, 0.3) is 44.9 Å². The molecule has 0 amide bonds. The number of hydrogen-bond acceptors (Lipinski definition) is 4. The van der Waals surface area contributed by atoms with Crippen LogP contribution in [0.5, 0.6) is 0 Å². The van der Waals surface area contributed by atoms with E-state index >= 15 is 0 Å². The molecule has 0 aliphatic carbocycles. The van der Waals surface area contributed by atoms with Crippen molar-refractivity contribution in [3.63, 3.8) is 0 Å². The lowest BCUT2D eigenvalue weighted by Crippen LogP contribution is -1.96. The molecule has 0 atom stereocenters. The molecular weight excluding hydrogens is 408 g/mol. The fourth-order valence-electron chi connectivity index (χ4n) is 3.58. The minimum atomic E-state index is -0.333. The SMILES string of the molecule is CCCc1nc(-c2ccc3nc(-c4ccc(F)cc4)c(-c4ccc(F)cc4)nc3c2)n[nH]1. The fourth-order valence-corrected chi connectivity index (χ4v) is 3.58. The van der Waals surface area contributed by atoms with Crippen molar-refractivity contribution in [1.82, 2.24) is 25.1 Å². The maximum absolute atomic E-state index is 13.5. The van der Waals surface area contributed by atoms with Crippen molar-refractivity contribution in [3.8, 4) is 33.9 Å². The van der Waals surface area contributed by atoms with Gasteiger partial charge in [-0.25, -0.2) is 23.7 Å². The van der Waals surface area contributed by atoms with E-state index in [0.717, 1.165) is 29.8 Å². The molecule has 0 saturated carbocycles. The standard InChI is InChI=1S/C25H19F2N5/c1-2-3-22-30-25(32-31-22)17-8-13-20-21(14-17)29-24(16-6-11-19(27)12-7-16)23(28-20)15-4-9-18(26)10-5-15/h4-14H,2-3H2,1H3,(H,30,31,32). The van der Waals surface area contributed by atoms with Gasteiger partial charge in [-0.15, -0.1) is 0 Å². The Morgan fingerprint density at radius 1 is 0.688 bits per heavy atom. The number of aromatic amines is 1. The molecule has 0 unspecified atom stereocenters. The Hall–Kier alpha value is -4.00. The van der Waals surface area contributed by atoms with Crippen molar-refractivity contribution in [1.29, 1.82) is 0 Å². The molecule has 158 valence electrons. The summed E-state index contributed by atoms with van der Waals surface area (Å²) >= 11 is 0. The molecule has 0 spiro atoms. The van der Waals surface area contributed by atoms with Crippen molar-refractivity contribution >= 4 is 11.0 Å². The normalized spacial score (nSPS) is 11.2. The van der Waals surface area contributed by atoms with Crippen molar-refractivity contribution in [3.05, 3.63) is 84.2 Å². The van der Waals surface area contributed by atoms with Crippen molar-refractivity contribution in [2.24, 2.45) is 0 Å². The zero-order valence-electron chi connectivity index (χ0n) is 17.3. The summed E-state index contributed by atoms with van der Waals surface area (Å²) in [5.41, 5.74) is 4.79. The van der Waals surface area contributed by atoms with Crippen LogP contribution in [0.4, 0.5) is 8.78 Å². The van der Waals surface area contributed by atoms with Crippen LogP contribution in [0.15, 0.2) is 66.7 Å². The summed E-state index contributed by atoms with van der Waals surface area (Å²) in [6.45, 7) is 2.09. The minimum Gasteiger partial charge on any atom is -0.263 e. The molecule has 0 aliphatic rings. The van der Waals surface area contributed by atoms with Gasteiger partial charge in [0.05, 0.1) is 22.4 Å². The van der Waals surface area contributed by atoms with Crippen LogP contribution < -0.4 is 0 Å². The summed E-state index contributed by atoms with van der Waals surface area (Å²) < 4.78 is 27.0. The van der Waals surface area contributed by atoms with Crippen molar-refractivity contribution < 1.29 is 8.78 Å². The Bertz CT molecular complexity index is 1390. The average molecular weight is 427 g/mol. The molecule has 2 aromatic heterocycles. The van der Waals surface area contributed by atoms with Crippen LogP contribution in [0.2, 0.25) is 0 Å². The smallest absolute Gasteiger partial charge is 0.181 e. The van der Waals surface area contributed by atoms with Gasteiger partial charge < -0.3 is 0 Å². The van der Waals surface area contributed by atoms with Crippen LogP contribution >= 0.6 is 0 Å². The molecule has 3 aromatic carbocycles. The summed E-state index contributed by atoms with van der Waals surface area (Å²) in [6, 6.07) is 17.9. The van der Waals surface area contributed by atoms with E-state index in [1.54, 1.807) is 24.3 Å². The molecule has 0 fully saturated rings. The predicted octanol–water partition coefficient (Wildman–Crippen LogP) is 5.98. The molecule has 1 N–H and O–H groups in total. The number of nitrogens with one attached hydrogen (secondary N) is 1. The van der Waals surface area contributed by atoms with Gasteiger partial charge in [0.1, 0.15) is 17.5 Å². The molecule has 0 aliphatic heterocycles. The van der Waals surface area contributed by atoms with E-state index in [0.29, 0.717) is 33.8 Å². The summed E-state index contributed by atoms with van der Waals surface area (Å²) in [6.07, 6.45) is 1.81. The van der Waals surface area contributed by atoms with E-state index in [1.165, 1.54) is 24.3 Å². The highest BCUT2D eigenvalue weighted by molar-refractivity contribution is 5.88. The van der Waals surface area contributed by atoms with Gasteiger partial charge in [-0.2, -0.15) is 5.10 Å². The van der Waals surface area contributed by atoms with Gasteiger partial charge in [-0.05, 0) is 73.2 Å². The summed E-state index contributed by atoms with van der Waals surface area (Å²) in [5, 5.41) is 7.28. The Kier molecular flexibility index (Phi) is 5.15. The number of aryl methyl sites for hydroxylation is 1. The number of nitrogens with zero attached hydrogens (tertiary/aromatic N) is 4. The van der Waals surface area contributed by atoms with E-state index in [-0.39, 0.29) is 11.6 Å². The minimum absolute atomic E-state index is 0.329. The molecule has 5 nitrogen and oxygen atoms in total. The molecule has 0 bridgehead atoms. The van der Waals surface area contributed by atoms with Gasteiger partial charge in [0, 0.05) is 23.1 Å². The van der Waals surface area contributed by atoms with Gasteiger partial charge in [0.15, 0.2) is 5.82 Å². The average Bonchev–Trinajstić information content (AvgIpc) is 3.28. The number of halogens is 2. The summed E-state index contributed by atoms with van der Waals surface area (Å²) in [5.74, 6) is 0.778. The largest absolute Gasteiger partial charge is 0.263 e. The van der Waals surface area contributed by atoms with Gasteiger partial charge in [0.2, 0.25) is 0 Å². The van der Waals surface area contributed by atoms with Crippen molar-refractivity contribution in [2.75, 3.05) is 0 Å². The lowest BCUT2D eigenvalue weighted by atomic mass is 10.0. The van der Waals surface area contributed by atoms with E-state index in [9.17, 15) is 8.78 Å². The molecule has 2 heterocycles. The maximum Gasteiger partial charge on any atom is 0.181 e. The zero-order valence-corrected chi connectivity index (χ0v) is 17.3. The second-order valence-electron chi connectivity index (χ2n) is 7.49. The highest BCUT2D eigenvalue weighted by Crippen LogP contribution is 2.32. The summed E-state index contributed by atoms with van der Waals surface area (Å²) in [7, 11) is 0. The Morgan fingerprint density at radius 2 is 1.25 bits per heavy atom. The van der Waals surface area contributed by atoms with Crippen LogP contribution in [-0.2, 0) is 6.42 Å². The second-order valence-corrected chi connectivity index (χ2v) is 7.49. The lowest BCUT2D eigenvalue weighted by Gasteiger charge is -2.11. The van der Waals surface area contributed by atoms with E-state index in [4.69, 9.17) is 9.97 Å². The van der Waals surface area contributed by atoms with E-state index in [2.05, 4.69) is 22.1 Å². The van der Waals surface area contributed by atoms with E-state index < -0.39 is 0 Å². The highest BCUT2D eigenvalue weighted by atomic mass is 19.1. The fraction of sp³-hybridized carbons (Fsp3) is 0.120. The first-order valence-electron chi connectivity index (χ1n) is 10.4. The molecule has 5 aromatic rings. The first-order chi connectivity index (χ1) is 15.6. The van der Waals surface area contributed by atoms with Crippen molar-refractivity contribution in [2.45, 2.75) is 19.8 Å². The quantitative estimate of drug-likeness (QED) is 0.375. The van der Waals surface area contributed by atoms with Crippen LogP contribution in [0.1, 0.15) is 19.2 Å². The third-order valence-electron chi connectivity index (χ3n) is 5.18. The number of rotatable bonds is 5. The molecule has 32 heavy (non-hydrogen) atoms. The van der Waals surface area contributed by atoms with Crippen LogP contribution in [-0.4, -0.2) is 25.1 Å². The van der Waals surface area contributed by atoms with Gasteiger partial charge in [-0.1, -0.05) is 6.92 Å². The molecule has 0 saturated heterocycles. The number of hydrogen-bond donors (Lipinski definition) is 1. The van der Waals surface area contributed by atoms with Gasteiger partial charge in [-0.3, -0.25) is 5.10 Å². The molecule has 7 heteroatoms.